The number of amides is 1. The van der Waals surface area contributed by atoms with Crippen LogP contribution >= 0.6 is 0 Å². The normalized spacial score (nSPS) is 14.0. The molecule has 190 valence electrons. The summed E-state index contributed by atoms with van der Waals surface area (Å²) >= 11 is 0. The van der Waals surface area contributed by atoms with Crippen molar-refractivity contribution in [2.75, 3.05) is 25.1 Å². The van der Waals surface area contributed by atoms with Crippen LogP contribution in [0.15, 0.2) is 71.6 Å². The highest BCUT2D eigenvalue weighted by atomic mass is 32.2. The number of carbonyl (C=O) groups excluding carboxylic acids is 1. The fourth-order valence-electron chi connectivity index (χ4n) is 4.48. The maximum atomic E-state index is 13.3. The summed E-state index contributed by atoms with van der Waals surface area (Å²) in [5, 5.41) is 3.01. The lowest BCUT2D eigenvalue weighted by Gasteiger charge is -2.30. The van der Waals surface area contributed by atoms with Crippen LogP contribution in [0.25, 0.3) is 0 Å². The third kappa shape index (κ3) is 5.49. The summed E-state index contributed by atoms with van der Waals surface area (Å²) in [6.07, 6.45) is 2.49. The topological polar surface area (TPSA) is 84.9 Å². The van der Waals surface area contributed by atoms with E-state index in [0.717, 1.165) is 35.2 Å². The molecule has 0 aliphatic carbocycles. The maximum absolute atomic E-state index is 13.3. The number of benzene rings is 3. The number of para-hydroxylation sites is 1. The van der Waals surface area contributed by atoms with Crippen molar-refractivity contribution in [2.45, 2.75) is 43.5 Å². The minimum absolute atomic E-state index is 0.0843. The van der Waals surface area contributed by atoms with Gasteiger partial charge in [-0.3, -0.25) is 9.10 Å². The molecule has 4 rings (SSSR count). The predicted octanol–water partition coefficient (Wildman–Crippen LogP) is 4.66. The van der Waals surface area contributed by atoms with Crippen LogP contribution < -0.4 is 19.1 Å². The molecule has 36 heavy (non-hydrogen) atoms. The largest absolute Gasteiger partial charge is 0.493 e. The Morgan fingerprint density at radius 3 is 2.44 bits per heavy atom. The number of methoxy groups -OCH3 is 2. The van der Waals surface area contributed by atoms with E-state index in [9.17, 15) is 13.2 Å². The zero-order valence-electron chi connectivity index (χ0n) is 20.9. The van der Waals surface area contributed by atoms with E-state index in [1.165, 1.54) is 4.31 Å². The van der Waals surface area contributed by atoms with Crippen LogP contribution in [0.4, 0.5) is 5.69 Å². The Hall–Kier alpha value is -3.52. The van der Waals surface area contributed by atoms with Gasteiger partial charge in [-0.05, 0) is 73.2 Å². The first-order valence-electron chi connectivity index (χ1n) is 12.0. The Morgan fingerprint density at radius 1 is 1.00 bits per heavy atom. The minimum Gasteiger partial charge on any atom is -0.493 e. The van der Waals surface area contributed by atoms with Crippen molar-refractivity contribution in [1.29, 1.82) is 0 Å². The van der Waals surface area contributed by atoms with Gasteiger partial charge in [0.25, 0.3) is 10.0 Å². The van der Waals surface area contributed by atoms with Crippen LogP contribution in [-0.2, 0) is 27.7 Å². The number of nitrogens with zero attached hydrogens (tertiary/aromatic N) is 1. The molecule has 0 fully saturated rings. The van der Waals surface area contributed by atoms with Gasteiger partial charge >= 0.3 is 0 Å². The standard InChI is InChI=1S/C28H32N2O5S/c1-20(23-13-16-26(34-2)27(19-23)35-3)29-28(31)17-12-21-10-14-24(15-11-21)36(32,33)30-18-6-8-22-7-4-5-9-25(22)30/h4-5,7,9-11,13-16,19-20H,6,8,12,17-18H2,1-3H3,(H,29,31)/t20-/m1/s1. The van der Waals surface area contributed by atoms with E-state index in [2.05, 4.69) is 5.32 Å². The zero-order valence-corrected chi connectivity index (χ0v) is 21.7. The van der Waals surface area contributed by atoms with Gasteiger partial charge in [-0.25, -0.2) is 8.42 Å². The van der Waals surface area contributed by atoms with Gasteiger partial charge < -0.3 is 14.8 Å². The quantitative estimate of drug-likeness (QED) is 0.455. The Balaban J connectivity index is 1.36. The van der Waals surface area contributed by atoms with E-state index in [4.69, 9.17) is 9.47 Å². The number of fused-ring (bicyclic) bond motifs is 1. The number of rotatable bonds is 9. The first-order chi connectivity index (χ1) is 17.3. The predicted molar refractivity (Wildman–Crippen MR) is 140 cm³/mol. The molecule has 1 aliphatic heterocycles. The Labute approximate surface area is 213 Å². The number of sulfonamides is 1. The summed E-state index contributed by atoms with van der Waals surface area (Å²) in [6, 6.07) is 19.8. The van der Waals surface area contributed by atoms with Crippen molar-refractivity contribution < 1.29 is 22.7 Å². The number of ether oxygens (including phenoxy) is 2. The molecule has 1 atom stereocenters. The third-order valence-corrected chi connectivity index (χ3v) is 8.33. The molecule has 3 aromatic rings. The molecular formula is C28H32N2O5S. The van der Waals surface area contributed by atoms with E-state index in [0.29, 0.717) is 30.9 Å². The third-order valence-electron chi connectivity index (χ3n) is 6.50. The molecule has 1 N–H and O–H groups in total. The van der Waals surface area contributed by atoms with E-state index in [-0.39, 0.29) is 16.8 Å². The van der Waals surface area contributed by atoms with E-state index in [1.807, 2.05) is 49.4 Å². The summed E-state index contributed by atoms with van der Waals surface area (Å²) in [4.78, 5) is 12.8. The van der Waals surface area contributed by atoms with Crippen LogP contribution in [0.3, 0.4) is 0 Å². The van der Waals surface area contributed by atoms with Crippen molar-refractivity contribution in [3.05, 3.63) is 83.4 Å². The monoisotopic (exact) mass is 508 g/mol. The number of hydrogen-bond acceptors (Lipinski definition) is 5. The lowest BCUT2D eigenvalue weighted by atomic mass is 10.0. The number of anilines is 1. The highest BCUT2D eigenvalue weighted by molar-refractivity contribution is 7.92. The summed E-state index contributed by atoms with van der Waals surface area (Å²) in [5.41, 5.74) is 3.63. The highest BCUT2D eigenvalue weighted by Crippen LogP contribution is 2.32. The number of aryl methyl sites for hydroxylation is 2. The molecule has 0 radical (unpaired) electrons. The fourth-order valence-corrected chi connectivity index (χ4v) is 6.02. The summed E-state index contributed by atoms with van der Waals surface area (Å²) in [5.74, 6) is 1.16. The molecule has 1 aliphatic rings. The Bertz CT molecular complexity index is 1320. The smallest absolute Gasteiger partial charge is 0.264 e. The molecular weight excluding hydrogens is 476 g/mol. The molecule has 0 bridgehead atoms. The highest BCUT2D eigenvalue weighted by Gasteiger charge is 2.28. The molecule has 0 saturated heterocycles. The van der Waals surface area contributed by atoms with Crippen LogP contribution in [0.1, 0.15) is 42.5 Å². The second-order valence-corrected chi connectivity index (χ2v) is 10.7. The van der Waals surface area contributed by atoms with Gasteiger partial charge in [-0.15, -0.1) is 0 Å². The lowest BCUT2D eigenvalue weighted by molar-refractivity contribution is -0.121. The van der Waals surface area contributed by atoms with Gasteiger partial charge in [0.15, 0.2) is 11.5 Å². The molecule has 1 heterocycles. The molecule has 0 saturated carbocycles. The van der Waals surface area contributed by atoms with Crippen molar-refractivity contribution in [2.24, 2.45) is 0 Å². The minimum atomic E-state index is -3.65. The first-order valence-corrected chi connectivity index (χ1v) is 13.5. The van der Waals surface area contributed by atoms with Gasteiger partial charge in [0.2, 0.25) is 5.91 Å². The van der Waals surface area contributed by atoms with Crippen molar-refractivity contribution in [1.82, 2.24) is 5.32 Å². The average Bonchev–Trinajstić information content (AvgIpc) is 2.91. The van der Waals surface area contributed by atoms with Gasteiger partial charge in [0, 0.05) is 13.0 Å². The number of carbonyl (C=O) groups is 1. The van der Waals surface area contributed by atoms with Crippen LogP contribution in [0.2, 0.25) is 0 Å². The second-order valence-electron chi connectivity index (χ2n) is 8.86. The summed E-state index contributed by atoms with van der Waals surface area (Å²) in [7, 11) is -0.489. The average molecular weight is 509 g/mol. The molecule has 7 nitrogen and oxygen atoms in total. The number of nitrogens with one attached hydrogen (secondary N) is 1. The van der Waals surface area contributed by atoms with Gasteiger partial charge in [0.05, 0.1) is 30.8 Å². The van der Waals surface area contributed by atoms with Crippen LogP contribution in [0.5, 0.6) is 11.5 Å². The SMILES string of the molecule is COc1ccc([C@@H](C)NC(=O)CCc2ccc(S(=O)(=O)N3CCCc4ccccc43)cc2)cc1OC. The van der Waals surface area contributed by atoms with Crippen LogP contribution in [-0.4, -0.2) is 35.1 Å². The van der Waals surface area contributed by atoms with Gasteiger partial charge in [-0.1, -0.05) is 36.4 Å². The lowest BCUT2D eigenvalue weighted by Crippen LogP contribution is -2.35. The molecule has 0 aromatic heterocycles. The van der Waals surface area contributed by atoms with Gasteiger partial charge in [0.1, 0.15) is 0 Å². The first kappa shape index (κ1) is 25.6. The van der Waals surface area contributed by atoms with E-state index >= 15 is 0 Å². The summed E-state index contributed by atoms with van der Waals surface area (Å²) < 4.78 is 38.7. The Morgan fingerprint density at radius 2 is 1.72 bits per heavy atom. The van der Waals surface area contributed by atoms with E-state index < -0.39 is 10.0 Å². The summed E-state index contributed by atoms with van der Waals surface area (Å²) in [6.45, 7) is 2.39. The zero-order chi connectivity index (χ0) is 25.7. The molecule has 3 aromatic carbocycles. The molecule has 0 unspecified atom stereocenters. The molecule has 1 amide bonds. The Kier molecular flexibility index (Phi) is 7.84. The number of hydrogen-bond donors (Lipinski definition) is 1. The van der Waals surface area contributed by atoms with Crippen molar-refractivity contribution in [3.8, 4) is 11.5 Å². The van der Waals surface area contributed by atoms with Crippen LogP contribution in [0, 0.1) is 0 Å². The molecule has 8 heteroatoms. The van der Waals surface area contributed by atoms with Crippen molar-refractivity contribution >= 4 is 21.6 Å². The fraction of sp³-hybridized carbons (Fsp3) is 0.321. The second kappa shape index (κ2) is 11.0. The molecule has 0 spiro atoms. The van der Waals surface area contributed by atoms with E-state index in [1.54, 1.807) is 38.5 Å². The van der Waals surface area contributed by atoms with Crippen molar-refractivity contribution in [3.63, 3.8) is 0 Å². The maximum Gasteiger partial charge on any atom is 0.264 e. The van der Waals surface area contributed by atoms with Gasteiger partial charge in [-0.2, -0.15) is 0 Å².